The van der Waals surface area contributed by atoms with Crippen molar-refractivity contribution < 1.29 is 9.53 Å². The molecule has 15 heavy (non-hydrogen) atoms. The maximum atomic E-state index is 11.4. The highest BCUT2D eigenvalue weighted by atomic mass is 16.5. The number of hydrogen-bond donors (Lipinski definition) is 3. The van der Waals surface area contributed by atoms with Gasteiger partial charge in [-0.1, -0.05) is 0 Å². The number of nitrogen functional groups attached to an aromatic ring is 2. The minimum Gasteiger partial charge on any atom is -0.489 e. The van der Waals surface area contributed by atoms with Crippen LogP contribution in [0.25, 0.3) is 0 Å². The molecule has 0 spiro atoms. The molecule has 1 rings (SSSR count). The third kappa shape index (κ3) is 2.38. The van der Waals surface area contributed by atoms with Crippen LogP contribution >= 0.6 is 0 Å². The van der Waals surface area contributed by atoms with Crippen molar-refractivity contribution >= 4 is 17.2 Å². The van der Waals surface area contributed by atoms with E-state index in [1.165, 1.54) is 6.92 Å². The first-order valence-electron chi connectivity index (χ1n) is 4.59. The Morgan fingerprint density at radius 3 is 2.47 bits per heavy atom. The second-order valence-corrected chi connectivity index (χ2v) is 3.14. The molecule has 0 aliphatic carbocycles. The Morgan fingerprint density at radius 1 is 1.33 bits per heavy atom. The van der Waals surface area contributed by atoms with Crippen LogP contribution in [0.3, 0.4) is 0 Å². The van der Waals surface area contributed by atoms with Gasteiger partial charge in [-0.05, 0) is 19.1 Å². The van der Waals surface area contributed by atoms with Crippen LogP contribution in [0.15, 0.2) is 12.1 Å². The topological polar surface area (TPSA) is 104 Å². The molecule has 0 heterocycles. The number of hydrogen-bond acceptors (Lipinski definition) is 5. The third-order valence-electron chi connectivity index (χ3n) is 1.94. The lowest BCUT2D eigenvalue weighted by atomic mass is 10.1. The number of Topliss-reactive ketones (excluding diaryl/α,β-unsaturated/α-hetero) is 1. The fourth-order valence-electron chi connectivity index (χ4n) is 1.29. The minimum absolute atomic E-state index is 0.174. The summed E-state index contributed by atoms with van der Waals surface area (Å²) < 4.78 is 5.31. The number of nitrogens with two attached hydrogens (primary N) is 3. The van der Waals surface area contributed by atoms with Crippen LogP contribution in [0.4, 0.5) is 11.4 Å². The predicted molar refractivity (Wildman–Crippen MR) is 59.8 cm³/mol. The monoisotopic (exact) mass is 209 g/mol. The molecule has 0 aromatic heterocycles. The molecular weight excluding hydrogens is 194 g/mol. The van der Waals surface area contributed by atoms with E-state index in [0.717, 1.165) is 0 Å². The maximum absolute atomic E-state index is 11.4. The summed E-state index contributed by atoms with van der Waals surface area (Å²) in [5.41, 5.74) is 17.8. The first kappa shape index (κ1) is 11.3. The van der Waals surface area contributed by atoms with Gasteiger partial charge in [-0.3, -0.25) is 4.79 Å². The summed E-state index contributed by atoms with van der Waals surface area (Å²) in [6.07, 6.45) is 0. The van der Waals surface area contributed by atoms with Crippen LogP contribution < -0.4 is 21.9 Å². The standard InChI is InChI=1S/C10H15N3O2/c1-6(14)9-7(12)2-3-8(13)10(9)15-5-4-11/h2-3H,4-5,11-13H2,1H3. The molecule has 0 aliphatic heterocycles. The average Bonchev–Trinajstić information content (AvgIpc) is 2.18. The number of carbonyl (C=O) groups excluding carboxylic acids is 1. The molecule has 0 saturated heterocycles. The molecule has 82 valence electrons. The molecule has 0 fully saturated rings. The van der Waals surface area contributed by atoms with Crippen molar-refractivity contribution in [3.05, 3.63) is 17.7 Å². The van der Waals surface area contributed by atoms with Crippen molar-refractivity contribution in [2.45, 2.75) is 6.92 Å². The highest BCUT2D eigenvalue weighted by Gasteiger charge is 2.15. The normalized spacial score (nSPS) is 10.0. The summed E-state index contributed by atoms with van der Waals surface area (Å²) in [6, 6.07) is 3.19. The SMILES string of the molecule is CC(=O)c1c(N)ccc(N)c1OCCN. The Morgan fingerprint density at radius 2 is 1.93 bits per heavy atom. The number of carbonyl (C=O) groups is 1. The summed E-state index contributed by atoms with van der Waals surface area (Å²) in [4.78, 5) is 11.4. The quantitative estimate of drug-likeness (QED) is 0.491. The molecule has 0 atom stereocenters. The smallest absolute Gasteiger partial charge is 0.165 e. The number of anilines is 2. The number of rotatable bonds is 4. The highest BCUT2D eigenvalue weighted by Crippen LogP contribution is 2.31. The Balaban J connectivity index is 3.19. The average molecular weight is 209 g/mol. The molecular formula is C10H15N3O2. The van der Waals surface area contributed by atoms with Crippen LogP contribution in [-0.4, -0.2) is 18.9 Å². The number of benzene rings is 1. The van der Waals surface area contributed by atoms with E-state index in [-0.39, 0.29) is 5.78 Å². The van der Waals surface area contributed by atoms with Gasteiger partial charge in [-0.15, -0.1) is 0 Å². The first-order chi connectivity index (χ1) is 7.07. The lowest BCUT2D eigenvalue weighted by Gasteiger charge is -2.13. The van der Waals surface area contributed by atoms with E-state index < -0.39 is 0 Å². The molecule has 6 N–H and O–H groups in total. The van der Waals surface area contributed by atoms with E-state index in [0.29, 0.717) is 35.8 Å². The highest BCUT2D eigenvalue weighted by molar-refractivity contribution is 6.03. The Bertz CT molecular complexity index is 377. The van der Waals surface area contributed by atoms with E-state index in [1.807, 2.05) is 0 Å². The summed E-state index contributed by atoms with van der Waals surface area (Å²) in [5, 5.41) is 0. The van der Waals surface area contributed by atoms with Gasteiger partial charge in [0.1, 0.15) is 6.61 Å². The van der Waals surface area contributed by atoms with Crippen LogP contribution in [-0.2, 0) is 0 Å². The van der Waals surface area contributed by atoms with E-state index in [9.17, 15) is 4.79 Å². The second kappa shape index (κ2) is 4.65. The maximum Gasteiger partial charge on any atom is 0.165 e. The van der Waals surface area contributed by atoms with Gasteiger partial charge < -0.3 is 21.9 Å². The second-order valence-electron chi connectivity index (χ2n) is 3.14. The van der Waals surface area contributed by atoms with Gasteiger partial charge in [-0.25, -0.2) is 0 Å². The van der Waals surface area contributed by atoms with Crippen molar-refractivity contribution in [2.75, 3.05) is 24.6 Å². The van der Waals surface area contributed by atoms with Crippen LogP contribution in [0.1, 0.15) is 17.3 Å². The molecule has 5 nitrogen and oxygen atoms in total. The van der Waals surface area contributed by atoms with E-state index in [4.69, 9.17) is 21.9 Å². The molecule has 0 bridgehead atoms. The summed E-state index contributed by atoms with van der Waals surface area (Å²) in [6.45, 7) is 2.07. The van der Waals surface area contributed by atoms with Gasteiger partial charge in [0.15, 0.2) is 11.5 Å². The zero-order chi connectivity index (χ0) is 11.4. The molecule has 0 amide bonds. The van der Waals surface area contributed by atoms with E-state index >= 15 is 0 Å². The molecule has 1 aromatic rings. The first-order valence-corrected chi connectivity index (χ1v) is 4.59. The summed E-state index contributed by atoms with van der Waals surface area (Å²) in [7, 11) is 0. The van der Waals surface area contributed by atoms with E-state index in [1.54, 1.807) is 12.1 Å². The third-order valence-corrected chi connectivity index (χ3v) is 1.94. The summed E-state index contributed by atoms with van der Waals surface area (Å²) in [5.74, 6) is 0.153. The Labute approximate surface area is 88.2 Å². The van der Waals surface area contributed by atoms with Gasteiger partial charge >= 0.3 is 0 Å². The van der Waals surface area contributed by atoms with Crippen molar-refractivity contribution in [1.29, 1.82) is 0 Å². The van der Waals surface area contributed by atoms with Gasteiger partial charge in [0.05, 0.1) is 11.3 Å². The zero-order valence-electron chi connectivity index (χ0n) is 8.62. The fraction of sp³-hybridized carbons (Fsp3) is 0.300. The van der Waals surface area contributed by atoms with Crippen LogP contribution in [0.2, 0.25) is 0 Å². The van der Waals surface area contributed by atoms with Crippen molar-refractivity contribution in [3.8, 4) is 5.75 Å². The zero-order valence-corrected chi connectivity index (χ0v) is 8.62. The lowest BCUT2D eigenvalue weighted by molar-refractivity contribution is 0.101. The molecule has 1 aromatic carbocycles. The number of ether oxygens (including phenoxy) is 1. The minimum atomic E-state index is -0.174. The number of ketones is 1. The Kier molecular flexibility index (Phi) is 3.51. The van der Waals surface area contributed by atoms with Gasteiger partial charge in [0.2, 0.25) is 0 Å². The fourth-order valence-corrected chi connectivity index (χ4v) is 1.29. The summed E-state index contributed by atoms with van der Waals surface area (Å²) >= 11 is 0. The predicted octanol–water partition coefficient (Wildman–Crippen LogP) is 0.391. The van der Waals surface area contributed by atoms with Gasteiger partial charge in [-0.2, -0.15) is 0 Å². The van der Waals surface area contributed by atoms with Crippen LogP contribution in [0.5, 0.6) is 5.75 Å². The molecule has 0 radical (unpaired) electrons. The lowest BCUT2D eigenvalue weighted by Crippen LogP contribution is -2.14. The molecule has 0 saturated carbocycles. The van der Waals surface area contributed by atoms with Crippen LogP contribution in [0, 0.1) is 0 Å². The van der Waals surface area contributed by atoms with Crippen molar-refractivity contribution in [3.63, 3.8) is 0 Å². The van der Waals surface area contributed by atoms with Crippen molar-refractivity contribution in [2.24, 2.45) is 5.73 Å². The molecule has 0 aliphatic rings. The largest absolute Gasteiger partial charge is 0.489 e. The molecule has 0 unspecified atom stereocenters. The van der Waals surface area contributed by atoms with Gasteiger partial charge in [0.25, 0.3) is 0 Å². The van der Waals surface area contributed by atoms with Crippen molar-refractivity contribution in [1.82, 2.24) is 0 Å². The Hall–Kier alpha value is -1.75. The van der Waals surface area contributed by atoms with E-state index in [2.05, 4.69) is 0 Å². The van der Waals surface area contributed by atoms with Gasteiger partial charge in [0, 0.05) is 12.2 Å². The molecule has 5 heteroatoms.